The largest absolute Gasteiger partial charge is 0.480 e. The molecule has 6 aromatic rings. The van der Waals surface area contributed by atoms with Gasteiger partial charge in [0.1, 0.15) is 10.9 Å². The fraction of sp³-hybridized carbons (Fsp3) is 0.120. The average Bonchev–Trinajstić information content (AvgIpc) is 3.94. The number of hydrogen-bond acceptors (Lipinski definition) is 7. The molecule has 0 bridgehead atoms. The lowest BCUT2D eigenvalue weighted by atomic mass is 9.95. The van der Waals surface area contributed by atoms with E-state index in [1.807, 2.05) is 65.8 Å². The number of carbonyl (C=O) groups is 2. The number of nitrogens with zero attached hydrogens (tertiary/aromatic N) is 4. The molecule has 2 unspecified atom stereocenters. The van der Waals surface area contributed by atoms with Crippen LogP contribution in [0, 0.1) is 0 Å². The summed E-state index contributed by atoms with van der Waals surface area (Å²) in [5, 5.41) is 16.1. The molecule has 1 aliphatic carbocycles. The third kappa shape index (κ3) is 7.99. The molecule has 2 atom stereocenters. The van der Waals surface area contributed by atoms with Gasteiger partial charge in [-0.15, -0.1) is 0 Å². The summed E-state index contributed by atoms with van der Waals surface area (Å²) in [7, 11) is 0. The van der Waals surface area contributed by atoms with E-state index in [1.165, 1.54) is 46.5 Å². The van der Waals surface area contributed by atoms with E-state index in [9.17, 15) is 14.7 Å². The van der Waals surface area contributed by atoms with E-state index in [2.05, 4.69) is 114 Å². The molecule has 290 valence electrons. The molecule has 2 aliphatic heterocycles. The van der Waals surface area contributed by atoms with Gasteiger partial charge in [-0.05, 0) is 112 Å². The number of benzene rings is 6. The van der Waals surface area contributed by atoms with Crippen LogP contribution in [0.5, 0.6) is 0 Å². The van der Waals surface area contributed by atoms with E-state index >= 15 is 0 Å². The van der Waals surface area contributed by atoms with Gasteiger partial charge >= 0.3 is 5.97 Å². The van der Waals surface area contributed by atoms with Gasteiger partial charge in [0.25, 0.3) is 5.91 Å². The van der Waals surface area contributed by atoms with E-state index in [0.717, 1.165) is 51.1 Å². The molecule has 0 radical (unpaired) electrons. The molecule has 1 N–H and O–H groups in total. The zero-order valence-corrected chi connectivity index (χ0v) is 33.7. The molecule has 59 heavy (non-hydrogen) atoms. The quantitative estimate of drug-likeness (QED) is 0.0459. The number of thiocarbonyl (C=S) groups is 1. The lowest BCUT2D eigenvalue weighted by Gasteiger charge is -2.27. The number of carboxylic acid groups (broad SMARTS) is 1. The van der Waals surface area contributed by atoms with Crippen molar-refractivity contribution in [1.29, 1.82) is 0 Å². The van der Waals surface area contributed by atoms with E-state index in [-0.39, 0.29) is 4.32 Å². The summed E-state index contributed by atoms with van der Waals surface area (Å²) in [6.07, 6.45) is 9.48. The molecule has 0 aromatic heterocycles. The molecule has 1 saturated carbocycles. The van der Waals surface area contributed by atoms with Crippen LogP contribution in [-0.4, -0.2) is 45.0 Å². The van der Waals surface area contributed by atoms with Crippen molar-refractivity contribution < 1.29 is 14.7 Å². The molecule has 6 aromatic carbocycles. The Morgan fingerprint density at radius 2 is 1.37 bits per heavy atom. The summed E-state index contributed by atoms with van der Waals surface area (Å²) in [4.78, 5) is 28.1. The van der Waals surface area contributed by atoms with Crippen molar-refractivity contribution >= 4 is 86.9 Å². The Labute approximate surface area is 353 Å². The summed E-state index contributed by atoms with van der Waals surface area (Å²) in [5.74, 6) is -1.04. The number of thioether (sulfide) groups is 1. The maximum Gasteiger partial charge on any atom is 0.323 e. The molecule has 3 aliphatic rings. The van der Waals surface area contributed by atoms with E-state index in [1.54, 1.807) is 6.08 Å². The monoisotopic (exact) mass is 808 g/mol. The van der Waals surface area contributed by atoms with Gasteiger partial charge in [0.2, 0.25) is 0 Å². The van der Waals surface area contributed by atoms with Gasteiger partial charge in [-0.1, -0.05) is 140 Å². The van der Waals surface area contributed by atoms with Gasteiger partial charge in [-0.2, -0.15) is 5.10 Å². The van der Waals surface area contributed by atoms with Gasteiger partial charge in [-0.3, -0.25) is 14.5 Å². The van der Waals surface area contributed by atoms with Crippen LogP contribution < -0.4 is 9.91 Å². The number of hydrogen-bond donors (Lipinski definition) is 1. The zero-order valence-electron chi connectivity index (χ0n) is 32.1. The Balaban J connectivity index is 0.971. The second-order valence-electron chi connectivity index (χ2n) is 14.8. The van der Waals surface area contributed by atoms with Crippen LogP contribution >= 0.6 is 24.0 Å². The Morgan fingerprint density at radius 1 is 0.763 bits per heavy atom. The molecule has 1 saturated heterocycles. The normalized spacial score (nSPS) is 17.7. The number of para-hydroxylation sites is 1. The Bertz CT molecular complexity index is 2570. The number of anilines is 4. The number of hydrazone groups is 1. The van der Waals surface area contributed by atoms with Crippen molar-refractivity contribution in [1.82, 2.24) is 4.90 Å². The molecule has 2 fully saturated rings. The molecule has 1 amide bonds. The summed E-state index contributed by atoms with van der Waals surface area (Å²) in [6, 6.07) is 55.1. The van der Waals surface area contributed by atoms with Gasteiger partial charge < -0.3 is 10.0 Å². The number of aliphatic carboxylic acids is 1. The highest BCUT2D eigenvalue weighted by Crippen LogP contribution is 2.52. The van der Waals surface area contributed by atoms with Crippen molar-refractivity contribution in [3.05, 3.63) is 196 Å². The van der Waals surface area contributed by atoms with Gasteiger partial charge in [0, 0.05) is 23.3 Å². The summed E-state index contributed by atoms with van der Waals surface area (Å²) < 4.78 is 0.242. The summed E-state index contributed by atoms with van der Waals surface area (Å²) in [5.41, 5.74) is 12.2. The van der Waals surface area contributed by atoms with E-state index in [0.29, 0.717) is 16.9 Å². The van der Waals surface area contributed by atoms with Crippen molar-refractivity contribution in [2.75, 3.05) is 16.5 Å². The number of carbonyl (C=O) groups excluding carboxylic acids is 1. The molecular weight excluding hydrogens is 769 g/mol. The number of fused-ring (bicyclic) bond motifs is 3. The van der Waals surface area contributed by atoms with Gasteiger partial charge in [0.15, 0.2) is 0 Å². The first-order valence-electron chi connectivity index (χ1n) is 19.7. The molecule has 2 heterocycles. The van der Waals surface area contributed by atoms with Crippen molar-refractivity contribution in [2.45, 2.75) is 31.2 Å². The molecular formula is C50H40N4O3S2. The van der Waals surface area contributed by atoms with Crippen LogP contribution in [0.1, 0.15) is 58.6 Å². The highest BCUT2D eigenvalue weighted by Gasteiger charge is 2.42. The van der Waals surface area contributed by atoms with Crippen LogP contribution in [0.25, 0.3) is 17.7 Å². The number of amides is 1. The third-order valence-corrected chi connectivity index (χ3v) is 12.5. The van der Waals surface area contributed by atoms with Crippen LogP contribution in [0.3, 0.4) is 0 Å². The number of rotatable bonds is 11. The maximum atomic E-state index is 12.8. The fourth-order valence-corrected chi connectivity index (χ4v) is 9.62. The molecule has 9 heteroatoms. The minimum atomic E-state index is -1.11. The first kappa shape index (κ1) is 38.0. The third-order valence-electron chi connectivity index (χ3n) is 11.1. The van der Waals surface area contributed by atoms with Crippen molar-refractivity contribution in [3.8, 4) is 0 Å². The van der Waals surface area contributed by atoms with Crippen LogP contribution in [-0.2, 0) is 9.59 Å². The second-order valence-corrected chi connectivity index (χ2v) is 16.5. The topological polar surface area (TPSA) is 76.5 Å². The standard InChI is InChI=1S/C50H40N4O3S2/c55-48(56)33-52-49(57)47(59-50(52)58)31-35-21-26-41(27-22-35)54(40-15-8-3-9-16-40)51-32-36-23-28-46-44(30-36)42-17-10-18-45(42)53(46)39-24-19-34(20-25-39)29-43(37-11-4-1-5-12-37)38-13-6-2-7-14-38/h1-9,11-16,19-32,42,45H,10,17-18,33H2,(H,55,56). The van der Waals surface area contributed by atoms with Crippen molar-refractivity contribution in [2.24, 2.45) is 5.10 Å². The molecule has 0 spiro atoms. The van der Waals surface area contributed by atoms with E-state index < -0.39 is 18.4 Å². The second kappa shape index (κ2) is 16.7. The zero-order chi connectivity index (χ0) is 40.3. The predicted octanol–water partition coefficient (Wildman–Crippen LogP) is 11.5. The number of carboxylic acids is 1. The van der Waals surface area contributed by atoms with Crippen molar-refractivity contribution in [3.63, 3.8) is 0 Å². The lowest BCUT2D eigenvalue weighted by Crippen LogP contribution is -2.33. The lowest BCUT2D eigenvalue weighted by molar-refractivity contribution is -0.140. The SMILES string of the molecule is O=C(O)CN1C(=O)C(=Cc2ccc(N(N=Cc3ccc4c(c3)C3CCCC3N4c3ccc(C=C(c4ccccc4)c4ccccc4)cc3)c3ccccc3)cc2)SC1=S. The van der Waals surface area contributed by atoms with Crippen LogP contribution in [0.15, 0.2) is 168 Å². The molecule has 7 nitrogen and oxygen atoms in total. The molecule has 9 rings (SSSR count). The summed E-state index contributed by atoms with van der Waals surface area (Å²) in [6.45, 7) is -0.451. The average molecular weight is 809 g/mol. The van der Waals surface area contributed by atoms with Gasteiger partial charge in [-0.25, -0.2) is 5.01 Å². The predicted molar refractivity (Wildman–Crippen MR) is 245 cm³/mol. The van der Waals surface area contributed by atoms with Crippen LogP contribution in [0.4, 0.5) is 22.7 Å². The minimum absolute atomic E-state index is 0.242. The summed E-state index contributed by atoms with van der Waals surface area (Å²) >= 11 is 6.38. The van der Waals surface area contributed by atoms with Gasteiger partial charge in [0.05, 0.1) is 22.5 Å². The van der Waals surface area contributed by atoms with Crippen LogP contribution in [0.2, 0.25) is 0 Å². The fourth-order valence-electron chi connectivity index (χ4n) is 8.37. The highest BCUT2D eigenvalue weighted by molar-refractivity contribution is 8.26. The first-order chi connectivity index (χ1) is 28.9. The Morgan fingerprint density at radius 3 is 2.03 bits per heavy atom. The smallest absolute Gasteiger partial charge is 0.323 e. The first-order valence-corrected chi connectivity index (χ1v) is 20.9. The van der Waals surface area contributed by atoms with E-state index in [4.69, 9.17) is 17.3 Å². The Hall–Kier alpha value is -6.55. The highest BCUT2D eigenvalue weighted by atomic mass is 32.2. The maximum absolute atomic E-state index is 12.8. The Kier molecular flexibility index (Phi) is 10.8. The minimum Gasteiger partial charge on any atom is -0.480 e.